The minimum atomic E-state index is 0.203. The minimum Gasteiger partial charge on any atom is -0.384 e. The predicted molar refractivity (Wildman–Crippen MR) is 89.0 cm³/mol. The summed E-state index contributed by atoms with van der Waals surface area (Å²) in [6.45, 7) is 1.87. The first kappa shape index (κ1) is 14.5. The van der Waals surface area contributed by atoms with E-state index in [4.69, 9.17) is 16.7 Å². The zero-order valence-electron chi connectivity index (χ0n) is 12.5. The molecule has 0 radical (unpaired) electrons. The summed E-state index contributed by atoms with van der Waals surface area (Å²) in [5.41, 5.74) is 16.1. The highest BCUT2D eigenvalue weighted by atomic mass is 15.0. The van der Waals surface area contributed by atoms with E-state index in [-0.39, 0.29) is 5.95 Å². The number of rotatable bonds is 2. The highest BCUT2D eigenvalue weighted by molar-refractivity contribution is 5.83. The molecule has 6 heteroatoms. The van der Waals surface area contributed by atoms with Crippen LogP contribution in [0.2, 0.25) is 0 Å². The Morgan fingerprint density at radius 1 is 0.957 bits per heavy atom. The van der Waals surface area contributed by atoms with Gasteiger partial charge in [0.2, 0.25) is 5.95 Å². The molecule has 0 spiro atoms. The van der Waals surface area contributed by atoms with Crippen LogP contribution in [0.15, 0.2) is 42.6 Å². The van der Waals surface area contributed by atoms with Crippen LogP contribution >= 0.6 is 0 Å². The molecule has 0 bridgehead atoms. The second-order valence-electron chi connectivity index (χ2n) is 5.05. The van der Waals surface area contributed by atoms with Crippen LogP contribution in [0.3, 0.4) is 0 Å². The molecule has 0 amide bonds. The lowest BCUT2D eigenvalue weighted by molar-refractivity contribution is 1.12. The molecule has 0 aliphatic carbocycles. The third-order valence-electron chi connectivity index (χ3n) is 3.47. The Labute approximate surface area is 133 Å². The molecule has 4 N–H and O–H groups in total. The van der Waals surface area contributed by atoms with Gasteiger partial charge in [0.05, 0.1) is 23.0 Å². The van der Waals surface area contributed by atoms with Gasteiger partial charge in [-0.25, -0.2) is 15.0 Å². The molecule has 2 heterocycles. The van der Waals surface area contributed by atoms with Crippen molar-refractivity contribution in [1.82, 2.24) is 15.0 Å². The monoisotopic (exact) mass is 302 g/mol. The summed E-state index contributed by atoms with van der Waals surface area (Å²) in [5, 5.41) is 8.93. The first-order chi connectivity index (χ1) is 11.1. The number of nitrogen functional groups attached to an aromatic ring is 2. The topological polar surface area (TPSA) is 114 Å². The standard InChI is InChI=1S/C17H14N6/c1-10-15(13-6-7-14(19)21-9-13)16(23-17(20)22-10)12-4-2-11(8-18)3-5-12/h2-7,9H,1H3,(H2,19,21)(H2,20,22,23). The molecule has 0 saturated carbocycles. The number of aromatic nitrogens is 3. The smallest absolute Gasteiger partial charge is 0.220 e. The average Bonchev–Trinajstić information content (AvgIpc) is 2.55. The molecule has 0 fully saturated rings. The lowest BCUT2D eigenvalue weighted by atomic mass is 9.98. The van der Waals surface area contributed by atoms with Crippen LogP contribution in [0, 0.1) is 18.3 Å². The summed E-state index contributed by atoms with van der Waals surface area (Å²) < 4.78 is 0. The quantitative estimate of drug-likeness (QED) is 0.751. The van der Waals surface area contributed by atoms with E-state index in [9.17, 15) is 0 Å². The fraction of sp³-hybridized carbons (Fsp3) is 0.0588. The van der Waals surface area contributed by atoms with Crippen LogP contribution in [0.4, 0.5) is 11.8 Å². The Kier molecular flexibility index (Phi) is 3.61. The fourth-order valence-corrected chi connectivity index (χ4v) is 2.40. The summed E-state index contributed by atoms with van der Waals surface area (Å²) in [5.74, 6) is 0.650. The highest BCUT2D eigenvalue weighted by Crippen LogP contribution is 2.33. The van der Waals surface area contributed by atoms with Gasteiger partial charge in [0, 0.05) is 22.9 Å². The van der Waals surface area contributed by atoms with Crippen LogP contribution in [-0.2, 0) is 0 Å². The summed E-state index contributed by atoms with van der Waals surface area (Å²) in [4.78, 5) is 12.8. The summed E-state index contributed by atoms with van der Waals surface area (Å²) in [6, 6.07) is 12.9. The zero-order valence-corrected chi connectivity index (χ0v) is 12.5. The van der Waals surface area contributed by atoms with Gasteiger partial charge in [-0.1, -0.05) is 12.1 Å². The molecular formula is C17H14N6. The normalized spacial score (nSPS) is 10.3. The number of hydrogen-bond donors (Lipinski definition) is 2. The van der Waals surface area contributed by atoms with Gasteiger partial charge in [-0.2, -0.15) is 5.26 Å². The molecule has 0 atom stereocenters. The molecule has 0 aliphatic rings. The van der Waals surface area contributed by atoms with Gasteiger partial charge in [0.1, 0.15) is 5.82 Å². The molecule has 3 rings (SSSR count). The molecule has 2 aromatic heterocycles. The predicted octanol–water partition coefficient (Wildman–Crippen LogP) is 2.55. The van der Waals surface area contributed by atoms with Crippen molar-refractivity contribution < 1.29 is 0 Å². The van der Waals surface area contributed by atoms with Crippen LogP contribution < -0.4 is 11.5 Å². The Balaban J connectivity index is 2.22. The van der Waals surface area contributed by atoms with E-state index in [1.54, 1.807) is 24.4 Å². The molecule has 0 aliphatic heterocycles. The van der Waals surface area contributed by atoms with Gasteiger partial charge < -0.3 is 11.5 Å². The van der Waals surface area contributed by atoms with Gasteiger partial charge in [-0.05, 0) is 31.2 Å². The van der Waals surface area contributed by atoms with Crippen molar-refractivity contribution in [2.24, 2.45) is 0 Å². The molecule has 112 valence electrons. The second kappa shape index (κ2) is 5.73. The zero-order chi connectivity index (χ0) is 16.4. The maximum atomic E-state index is 8.93. The Bertz CT molecular complexity index is 892. The Hall–Kier alpha value is -3.46. The van der Waals surface area contributed by atoms with Crippen molar-refractivity contribution in [2.45, 2.75) is 6.92 Å². The SMILES string of the molecule is Cc1nc(N)nc(-c2ccc(C#N)cc2)c1-c1ccc(N)nc1. The first-order valence-electron chi connectivity index (χ1n) is 6.95. The molecule has 1 aromatic carbocycles. The largest absolute Gasteiger partial charge is 0.384 e. The van der Waals surface area contributed by atoms with Crippen LogP contribution in [0.5, 0.6) is 0 Å². The van der Waals surface area contributed by atoms with E-state index in [1.807, 2.05) is 25.1 Å². The van der Waals surface area contributed by atoms with E-state index in [0.717, 1.165) is 22.4 Å². The number of anilines is 2. The summed E-state index contributed by atoms with van der Waals surface area (Å²) in [7, 11) is 0. The lowest BCUT2D eigenvalue weighted by Crippen LogP contribution is -2.03. The van der Waals surface area contributed by atoms with Crippen LogP contribution in [-0.4, -0.2) is 15.0 Å². The molecule has 0 saturated heterocycles. The Morgan fingerprint density at radius 2 is 1.65 bits per heavy atom. The minimum absolute atomic E-state index is 0.203. The third kappa shape index (κ3) is 2.80. The van der Waals surface area contributed by atoms with Crippen LogP contribution in [0.1, 0.15) is 11.3 Å². The van der Waals surface area contributed by atoms with Crippen molar-refractivity contribution in [2.75, 3.05) is 11.5 Å². The average molecular weight is 302 g/mol. The van der Waals surface area contributed by atoms with E-state index in [2.05, 4.69) is 21.0 Å². The maximum Gasteiger partial charge on any atom is 0.220 e. The van der Waals surface area contributed by atoms with Gasteiger partial charge in [-0.3, -0.25) is 0 Å². The first-order valence-corrected chi connectivity index (χ1v) is 6.95. The third-order valence-corrected chi connectivity index (χ3v) is 3.47. The number of nitriles is 1. The number of nitrogens with two attached hydrogens (primary N) is 2. The number of aryl methyl sites for hydroxylation is 1. The summed E-state index contributed by atoms with van der Waals surface area (Å²) >= 11 is 0. The number of benzene rings is 1. The second-order valence-corrected chi connectivity index (χ2v) is 5.05. The van der Waals surface area contributed by atoms with Gasteiger partial charge >= 0.3 is 0 Å². The number of hydrogen-bond acceptors (Lipinski definition) is 6. The summed E-state index contributed by atoms with van der Waals surface area (Å²) in [6.07, 6.45) is 1.68. The number of nitrogens with zero attached hydrogens (tertiary/aromatic N) is 4. The van der Waals surface area contributed by atoms with E-state index < -0.39 is 0 Å². The van der Waals surface area contributed by atoms with E-state index in [1.165, 1.54) is 0 Å². The fourth-order valence-electron chi connectivity index (χ4n) is 2.40. The van der Waals surface area contributed by atoms with E-state index in [0.29, 0.717) is 17.1 Å². The van der Waals surface area contributed by atoms with Crippen LogP contribution in [0.25, 0.3) is 22.4 Å². The van der Waals surface area contributed by atoms with Gasteiger partial charge in [-0.15, -0.1) is 0 Å². The molecule has 6 nitrogen and oxygen atoms in total. The van der Waals surface area contributed by atoms with Crippen molar-refractivity contribution in [3.8, 4) is 28.5 Å². The molecular weight excluding hydrogens is 288 g/mol. The van der Waals surface area contributed by atoms with E-state index >= 15 is 0 Å². The van der Waals surface area contributed by atoms with Gasteiger partial charge in [0.25, 0.3) is 0 Å². The van der Waals surface area contributed by atoms with Crippen molar-refractivity contribution >= 4 is 11.8 Å². The van der Waals surface area contributed by atoms with Crippen molar-refractivity contribution in [1.29, 1.82) is 5.26 Å². The Morgan fingerprint density at radius 3 is 2.26 bits per heavy atom. The molecule has 0 unspecified atom stereocenters. The highest BCUT2D eigenvalue weighted by Gasteiger charge is 2.15. The maximum absolute atomic E-state index is 8.93. The van der Waals surface area contributed by atoms with Gasteiger partial charge in [0.15, 0.2) is 0 Å². The molecule has 23 heavy (non-hydrogen) atoms. The number of pyridine rings is 1. The lowest BCUT2D eigenvalue weighted by Gasteiger charge is -2.12. The van der Waals surface area contributed by atoms with Crippen molar-refractivity contribution in [3.63, 3.8) is 0 Å². The molecule has 3 aromatic rings. The van der Waals surface area contributed by atoms with Crippen molar-refractivity contribution in [3.05, 3.63) is 53.9 Å².